The number of thiophene rings is 1. The van der Waals surface area contributed by atoms with E-state index < -0.39 is 15.7 Å². The summed E-state index contributed by atoms with van der Waals surface area (Å²) in [5.41, 5.74) is -0.396. The number of rotatable bonds is 6. The van der Waals surface area contributed by atoms with E-state index >= 15 is 0 Å². The van der Waals surface area contributed by atoms with Gasteiger partial charge in [-0.3, -0.25) is 4.79 Å². The van der Waals surface area contributed by atoms with Crippen molar-refractivity contribution in [1.29, 1.82) is 0 Å². The van der Waals surface area contributed by atoms with E-state index in [1.165, 1.54) is 37.8 Å². The second-order valence-corrected chi connectivity index (χ2v) is 10.7. The Bertz CT molecular complexity index is 1170. The lowest BCUT2D eigenvalue weighted by atomic mass is 9.97. The summed E-state index contributed by atoms with van der Waals surface area (Å²) >= 11 is 2.69. The Morgan fingerprint density at radius 3 is 2.63 bits per heavy atom. The lowest BCUT2D eigenvalue weighted by Gasteiger charge is -2.29. The molecule has 160 valence electrons. The smallest absolute Gasteiger partial charge is 0.300 e. The predicted octanol–water partition coefficient (Wildman–Crippen LogP) is 1.33. The topological polar surface area (TPSA) is 119 Å². The van der Waals surface area contributed by atoms with Crippen molar-refractivity contribution in [3.8, 4) is 5.00 Å². The van der Waals surface area contributed by atoms with Crippen LogP contribution >= 0.6 is 22.7 Å². The molecule has 1 amide bonds. The van der Waals surface area contributed by atoms with Crippen molar-refractivity contribution < 1.29 is 13.2 Å². The number of piperidine rings is 1. The number of amides is 1. The van der Waals surface area contributed by atoms with Crippen LogP contribution in [-0.4, -0.2) is 57.3 Å². The van der Waals surface area contributed by atoms with Gasteiger partial charge in [0.05, 0.1) is 6.26 Å². The number of anilines is 1. The van der Waals surface area contributed by atoms with Gasteiger partial charge in [0.15, 0.2) is 5.13 Å². The molecule has 0 unspecified atom stereocenters. The van der Waals surface area contributed by atoms with Crippen LogP contribution in [0.25, 0.3) is 5.00 Å². The monoisotopic (exact) mass is 468 g/mol. The molecule has 1 N–H and O–H groups in total. The van der Waals surface area contributed by atoms with Gasteiger partial charge in [-0.05, 0) is 30.4 Å². The van der Waals surface area contributed by atoms with Gasteiger partial charge in [0.1, 0.15) is 17.4 Å². The third-order valence-corrected chi connectivity index (χ3v) is 7.70. The fraction of sp³-hybridized carbons (Fsp3) is 0.412. The molecule has 0 atom stereocenters. The predicted molar refractivity (Wildman–Crippen MR) is 115 cm³/mol. The molecule has 13 heteroatoms. The third kappa shape index (κ3) is 4.38. The molecule has 0 spiro atoms. The van der Waals surface area contributed by atoms with Gasteiger partial charge in [-0.2, -0.15) is 5.10 Å². The molecule has 0 aromatic carbocycles. The summed E-state index contributed by atoms with van der Waals surface area (Å²) in [7, 11) is -3.25. The van der Waals surface area contributed by atoms with Gasteiger partial charge in [-0.25, -0.2) is 31.8 Å². The van der Waals surface area contributed by atoms with E-state index in [0.29, 0.717) is 41.9 Å². The van der Waals surface area contributed by atoms with E-state index in [4.69, 9.17) is 0 Å². The minimum absolute atomic E-state index is 0.0823. The van der Waals surface area contributed by atoms with Crippen LogP contribution in [-0.2, 0) is 21.4 Å². The lowest BCUT2D eigenvalue weighted by molar-refractivity contribution is -0.117. The van der Waals surface area contributed by atoms with Crippen LogP contribution in [0.15, 0.2) is 33.9 Å². The summed E-state index contributed by atoms with van der Waals surface area (Å²) in [5.74, 6) is 0.0834. The number of carbonyl (C=O) groups is 1. The van der Waals surface area contributed by atoms with Crippen molar-refractivity contribution in [1.82, 2.24) is 23.6 Å². The summed E-state index contributed by atoms with van der Waals surface area (Å²) in [5, 5.41) is 11.9. The van der Waals surface area contributed by atoms with Crippen molar-refractivity contribution in [3.63, 3.8) is 0 Å². The van der Waals surface area contributed by atoms with Crippen LogP contribution in [0.4, 0.5) is 5.13 Å². The molecule has 0 bridgehead atoms. The number of hydrogen-bond donors (Lipinski definition) is 1. The van der Waals surface area contributed by atoms with Gasteiger partial charge in [0, 0.05) is 30.6 Å². The zero-order valence-electron chi connectivity index (χ0n) is 16.1. The van der Waals surface area contributed by atoms with E-state index in [1.807, 2.05) is 17.5 Å². The Labute approximate surface area is 180 Å². The number of nitrogens with one attached hydrogen (secondary N) is 1. The molecule has 0 saturated carbocycles. The van der Waals surface area contributed by atoms with Crippen LogP contribution in [0.5, 0.6) is 0 Å². The Morgan fingerprint density at radius 2 is 2.03 bits per heavy atom. The highest BCUT2D eigenvalue weighted by atomic mass is 32.2. The van der Waals surface area contributed by atoms with Crippen molar-refractivity contribution >= 4 is 43.7 Å². The van der Waals surface area contributed by atoms with Crippen molar-refractivity contribution in [2.45, 2.75) is 25.3 Å². The van der Waals surface area contributed by atoms with E-state index in [9.17, 15) is 18.0 Å². The quantitative estimate of drug-likeness (QED) is 0.583. The van der Waals surface area contributed by atoms with Crippen LogP contribution in [0, 0.1) is 0 Å². The molecule has 0 radical (unpaired) electrons. The first-order valence-electron chi connectivity index (χ1n) is 9.21. The van der Waals surface area contributed by atoms with Crippen molar-refractivity contribution in [2.75, 3.05) is 24.7 Å². The maximum absolute atomic E-state index is 13.1. The average Bonchev–Trinajstić information content (AvgIpc) is 3.44. The first-order valence-corrected chi connectivity index (χ1v) is 12.8. The van der Waals surface area contributed by atoms with Gasteiger partial charge < -0.3 is 5.32 Å². The number of carbonyl (C=O) groups excluding carboxylic acids is 1. The molecule has 1 aliphatic heterocycles. The fourth-order valence-electron chi connectivity index (χ4n) is 3.42. The lowest BCUT2D eigenvalue weighted by Crippen LogP contribution is -2.37. The molecule has 10 nitrogen and oxygen atoms in total. The number of aromatic nitrogens is 4. The van der Waals surface area contributed by atoms with E-state index in [1.54, 1.807) is 11.6 Å². The molecule has 30 heavy (non-hydrogen) atoms. The number of nitrogens with zero attached hydrogens (tertiary/aromatic N) is 5. The molecule has 1 saturated heterocycles. The van der Waals surface area contributed by atoms with Crippen LogP contribution < -0.4 is 11.0 Å². The Hall–Kier alpha value is -2.35. The van der Waals surface area contributed by atoms with E-state index in [2.05, 4.69) is 15.4 Å². The van der Waals surface area contributed by atoms with Gasteiger partial charge in [0.2, 0.25) is 15.9 Å². The molecule has 3 aromatic heterocycles. The highest BCUT2D eigenvalue weighted by molar-refractivity contribution is 7.88. The first-order chi connectivity index (χ1) is 14.3. The van der Waals surface area contributed by atoms with Gasteiger partial charge >= 0.3 is 5.69 Å². The Kier molecular flexibility index (Phi) is 5.86. The fourth-order valence-corrected chi connectivity index (χ4v) is 5.57. The van der Waals surface area contributed by atoms with Crippen LogP contribution in [0.1, 0.15) is 24.6 Å². The van der Waals surface area contributed by atoms with Gasteiger partial charge in [-0.1, -0.05) is 0 Å². The Morgan fingerprint density at radius 1 is 1.27 bits per heavy atom. The highest BCUT2D eigenvalue weighted by Gasteiger charge is 2.30. The summed E-state index contributed by atoms with van der Waals surface area (Å²) < 4.78 is 27.7. The zero-order chi connectivity index (χ0) is 21.3. The molecule has 3 aromatic rings. The molecule has 1 fully saturated rings. The molecular formula is C17H20N6O4S3. The third-order valence-electron chi connectivity index (χ3n) is 4.85. The van der Waals surface area contributed by atoms with E-state index in [0.717, 1.165) is 4.68 Å². The maximum atomic E-state index is 13.1. The van der Waals surface area contributed by atoms with Crippen molar-refractivity contribution in [3.05, 3.63) is 45.4 Å². The minimum atomic E-state index is -3.25. The number of hydrogen-bond acceptors (Lipinski definition) is 8. The number of sulfonamides is 1. The SMILES string of the molecule is CS(=O)(=O)N1CCC(c2nn(CC(=O)Nc3nccs3)c(=O)n2-c2cccs2)CC1. The molecular weight excluding hydrogens is 448 g/mol. The maximum Gasteiger partial charge on any atom is 0.351 e. The van der Waals surface area contributed by atoms with Gasteiger partial charge in [0.25, 0.3) is 0 Å². The second kappa shape index (κ2) is 8.41. The average molecular weight is 469 g/mol. The van der Waals surface area contributed by atoms with Crippen LogP contribution in [0.2, 0.25) is 0 Å². The summed E-state index contributed by atoms with van der Waals surface area (Å²) in [6.45, 7) is 0.519. The summed E-state index contributed by atoms with van der Waals surface area (Å²) in [6.07, 6.45) is 3.89. The molecule has 0 aliphatic carbocycles. The molecule has 4 heterocycles. The standard InChI is InChI=1S/C17H20N6O4S3/c1-30(26,27)21-7-4-12(5-8-21)15-20-22(11-13(24)19-16-18-6-10-29-16)17(25)23(15)14-3-2-9-28-14/h2-3,6,9-10,12H,4-5,7-8,11H2,1H3,(H,18,19,24). The molecule has 4 rings (SSSR count). The van der Waals surface area contributed by atoms with E-state index in [-0.39, 0.29) is 18.4 Å². The zero-order valence-corrected chi connectivity index (χ0v) is 18.5. The first kappa shape index (κ1) is 20.9. The summed E-state index contributed by atoms with van der Waals surface area (Å²) in [6, 6.07) is 3.66. The molecule has 1 aliphatic rings. The Balaban J connectivity index is 1.61. The van der Waals surface area contributed by atoms with Crippen molar-refractivity contribution in [2.24, 2.45) is 0 Å². The second-order valence-electron chi connectivity index (χ2n) is 6.91. The largest absolute Gasteiger partial charge is 0.351 e. The normalized spacial score (nSPS) is 16.0. The minimum Gasteiger partial charge on any atom is -0.300 e. The highest BCUT2D eigenvalue weighted by Crippen LogP contribution is 2.29. The van der Waals surface area contributed by atoms with Gasteiger partial charge in [-0.15, -0.1) is 22.7 Å². The summed E-state index contributed by atoms with van der Waals surface area (Å²) in [4.78, 5) is 29.4. The number of thiazole rings is 1. The van der Waals surface area contributed by atoms with Crippen LogP contribution in [0.3, 0.4) is 0 Å².